The fourth-order valence-corrected chi connectivity index (χ4v) is 1.69. The molecule has 0 bridgehead atoms. The van der Waals surface area contributed by atoms with Gasteiger partial charge in [0.1, 0.15) is 5.82 Å². The Morgan fingerprint density at radius 1 is 1.22 bits per heavy atom. The number of anilines is 1. The van der Waals surface area contributed by atoms with Crippen molar-refractivity contribution in [2.24, 2.45) is 0 Å². The van der Waals surface area contributed by atoms with Crippen molar-refractivity contribution in [2.75, 3.05) is 5.32 Å². The summed E-state index contributed by atoms with van der Waals surface area (Å²) in [5.41, 5.74) is 1.73. The Balaban J connectivity index is 2.08. The van der Waals surface area contributed by atoms with Gasteiger partial charge in [-0.2, -0.15) is 5.10 Å². The highest BCUT2D eigenvalue weighted by Gasteiger charge is 2.08. The molecule has 1 atom stereocenters. The Bertz CT molecular complexity index is 521. The first-order valence-electron chi connectivity index (χ1n) is 5.97. The third-order valence-electron chi connectivity index (χ3n) is 2.74. The molecule has 5 heteroatoms. The first kappa shape index (κ1) is 12.5. The maximum atomic E-state index is 13.1. The van der Waals surface area contributed by atoms with Crippen LogP contribution >= 0.6 is 0 Å². The summed E-state index contributed by atoms with van der Waals surface area (Å²) in [6.07, 6.45) is 6.57. The SMILES string of the molecule is CC(Nc1cnn(C(C)C)c1)c1cncc(F)c1. The van der Waals surface area contributed by atoms with E-state index in [1.165, 1.54) is 12.3 Å². The van der Waals surface area contributed by atoms with Crippen molar-refractivity contribution in [3.63, 3.8) is 0 Å². The van der Waals surface area contributed by atoms with E-state index in [0.29, 0.717) is 6.04 Å². The number of aromatic nitrogens is 3. The molecular formula is C13H17FN4. The lowest BCUT2D eigenvalue weighted by molar-refractivity contribution is 0.532. The van der Waals surface area contributed by atoms with Crippen molar-refractivity contribution in [1.82, 2.24) is 14.8 Å². The molecule has 0 aliphatic carbocycles. The monoisotopic (exact) mass is 248 g/mol. The van der Waals surface area contributed by atoms with E-state index >= 15 is 0 Å². The van der Waals surface area contributed by atoms with E-state index in [9.17, 15) is 4.39 Å². The van der Waals surface area contributed by atoms with E-state index in [-0.39, 0.29) is 11.9 Å². The summed E-state index contributed by atoms with van der Waals surface area (Å²) < 4.78 is 14.9. The van der Waals surface area contributed by atoms with Crippen LogP contribution < -0.4 is 5.32 Å². The van der Waals surface area contributed by atoms with E-state index in [1.807, 2.05) is 17.8 Å². The molecule has 0 saturated carbocycles. The number of hydrogen-bond acceptors (Lipinski definition) is 3. The number of nitrogens with zero attached hydrogens (tertiary/aromatic N) is 3. The van der Waals surface area contributed by atoms with Gasteiger partial charge in [0.15, 0.2) is 0 Å². The number of halogens is 1. The molecule has 0 aliphatic rings. The average Bonchev–Trinajstić information content (AvgIpc) is 2.77. The highest BCUT2D eigenvalue weighted by molar-refractivity contribution is 5.41. The van der Waals surface area contributed by atoms with Gasteiger partial charge in [0, 0.05) is 18.4 Å². The lowest BCUT2D eigenvalue weighted by Gasteiger charge is -2.13. The second kappa shape index (κ2) is 5.16. The first-order valence-corrected chi connectivity index (χ1v) is 5.97. The smallest absolute Gasteiger partial charge is 0.141 e. The fraction of sp³-hybridized carbons (Fsp3) is 0.385. The zero-order valence-electron chi connectivity index (χ0n) is 10.8. The van der Waals surface area contributed by atoms with Crippen LogP contribution in [0.4, 0.5) is 10.1 Å². The second-order valence-electron chi connectivity index (χ2n) is 4.61. The summed E-state index contributed by atoms with van der Waals surface area (Å²) in [7, 11) is 0. The van der Waals surface area contributed by atoms with Gasteiger partial charge in [0.05, 0.1) is 24.1 Å². The summed E-state index contributed by atoms with van der Waals surface area (Å²) in [6.45, 7) is 6.09. The van der Waals surface area contributed by atoms with Gasteiger partial charge in [-0.15, -0.1) is 0 Å². The zero-order chi connectivity index (χ0) is 13.1. The number of pyridine rings is 1. The molecule has 0 saturated heterocycles. The standard InChI is InChI=1S/C13H17FN4/c1-9(2)18-8-13(7-16-18)17-10(3)11-4-12(14)6-15-5-11/h4-10,17H,1-3H3. The molecule has 0 radical (unpaired) electrons. The summed E-state index contributed by atoms with van der Waals surface area (Å²) in [5, 5.41) is 7.52. The Morgan fingerprint density at radius 3 is 2.61 bits per heavy atom. The molecule has 0 fully saturated rings. The van der Waals surface area contributed by atoms with Crippen LogP contribution in [0.3, 0.4) is 0 Å². The van der Waals surface area contributed by atoms with Gasteiger partial charge >= 0.3 is 0 Å². The van der Waals surface area contributed by atoms with Crippen LogP contribution in [0.25, 0.3) is 0 Å². The number of hydrogen-bond donors (Lipinski definition) is 1. The van der Waals surface area contributed by atoms with Crippen LogP contribution in [0.2, 0.25) is 0 Å². The normalized spacial score (nSPS) is 12.7. The third-order valence-corrected chi connectivity index (χ3v) is 2.74. The van der Waals surface area contributed by atoms with Crippen molar-refractivity contribution >= 4 is 5.69 Å². The highest BCUT2D eigenvalue weighted by Crippen LogP contribution is 2.19. The molecule has 4 nitrogen and oxygen atoms in total. The zero-order valence-corrected chi connectivity index (χ0v) is 10.8. The Labute approximate surface area is 106 Å². The van der Waals surface area contributed by atoms with Gasteiger partial charge in [-0.25, -0.2) is 4.39 Å². The summed E-state index contributed by atoms with van der Waals surface area (Å²) in [4.78, 5) is 3.84. The van der Waals surface area contributed by atoms with Crippen LogP contribution in [-0.4, -0.2) is 14.8 Å². The second-order valence-corrected chi connectivity index (χ2v) is 4.61. The first-order chi connectivity index (χ1) is 8.56. The molecule has 96 valence electrons. The van der Waals surface area contributed by atoms with Gasteiger partial charge in [-0.3, -0.25) is 9.67 Å². The molecule has 0 spiro atoms. The topological polar surface area (TPSA) is 42.7 Å². The van der Waals surface area contributed by atoms with Crippen LogP contribution in [0, 0.1) is 5.82 Å². The largest absolute Gasteiger partial charge is 0.376 e. The van der Waals surface area contributed by atoms with E-state index < -0.39 is 0 Å². The fourth-order valence-electron chi connectivity index (χ4n) is 1.69. The molecule has 1 unspecified atom stereocenters. The Morgan fingerprint density at radius 2 is 2.00 bits per heavy atom. The number of rotatable bonds is 4. The van der Waals surface area contributed by atoms with E-state index in [1.54, 1.807) is 12.4 Å². The Kier molecular flexibility index (Phi) is 3.60. The minimum absolute atomic E-state index is 0.0157. The maximum Gasteiger partial charge on any atom is 0.141 e. The van der Waals surface area contributed by atoms with Crippen molar-refractivity contribution in [2.45, 2.75) is 32.9 Å². The van der Waals surface area contributed by atoms with Gasteiger partial charge in [0.25, 0.3) is 0 Å². The van der Waals surface area contributed by atoms with Gasteiger partial charge in [-0.1, -0.05) is 0 Å². The predicted molar refractivity (Wildman–Crippen MR) is 68.8 cm³/mol. The summed E-state index contributed by atoms with van der Waals surface area (Å²) >= 11 is 0. The van der Waals surface area contributed by atoms with Crippen LogP contribution in [0.5, 0.6) is 0 Å². The molecule has 1 N–H and O–H groups in total. The van der Waals surface area contributed by atoms with Crippen molar-refractivity contribution in [3.05, 3.63) is 42.2 Å². The van der Waals surface area contributed by atoms with E-state index in [4.69, 9.17) is 0 Å². The van der Waals surface area contributed by atoms with Gasteiger partial charge in [-0.05, 0) is 32.4 Å². The summed E-state index contributed by atoms with van der Waals surface area (Å²) in [6, 6.07) is 1.79. The average molecular weight is 248 g/mol. The molecule has 0 amide bonds. The molecule has 18 heavy (non-hydrogen) atoms. The molecule has 2 heterocycles. The summed E-state index contributed by atoms with van der Waals surface area (Å²) in [5.74, 6) is -0.320. The van der Waals surface area contributed by atoms with Crippen molar-refractivity contribution in [3.8, 4) is 0 Å². The molecule has 0 aliphatic heterocycles. The van der Waals surface area contributed by atoms with Crippen molar-refractivity contribution in [1.29, 1.82) is 0 Å². The van der Waals surface area contributed by atoms with Crippen LogP contribution in [-0.2, 0) is 0 Å². The molecular weight excluding hydrogens is 231 g/mol. The van der Waals surface area contributed by atoms with E-state index in [2.05, 4.69) is 29.2 Å². The quantitative estimate of drug-likeness (QED) is 0.903. The molecule has 0 aromatic carbocycles. The predicted octanol–water partition coefficient (Wildman–Crippen LogP) is 3.17. The van der Waals surface area contributed by atoms with Crippen LogP contribution in [0.1, 0.15) is 38.4 Å². The Hall–Kier alpha value is -1.91. The lowest BCUT2D eigenvalue weighted by Crippen LogP contribution is -2.07. The molecule has 2 rings (SSSR count). The minimum Gasteiger partial charge on any atom is -0.376 e. The molecule has 2 aromatic rings. The highest BCUT2D eigenvalue weighted by atomic mass is 19.1. The number of nitrogens with one attached hydrogen (secondary N) is 1. The third kappa shape index (κ3) is 2.85. The maximum absolute atomic E-state index is 13.1. The van der Waals surface area contributed by atoms with E-state index in [0.717, 1.165) is 11.3 Å². The van der Waals surface area contributed by atoms with Gasteiger partial charge in [0.2, 0.25) is 0 Å². The molecule has 2 aromatic heterocycles. The lowest BCUT2D eigenvalue weighted by atomic mass is 10.1. The van der Waals surface area contributed by atoms with Gasteiger partial charge < -0.3 is 5.32 Å². The van der Waals surface area contributed by atoms with Crippen LogP contribution in [0.15, 0.2) is 30.9 Å². The van der Waals surface area contributed by atoms with Crippen molar-refractivity contribution < 1.29 is 4.39 Å². The minimum atomic E-state index is -0.320.